The summed E-state index contributed by atoms with van der Waals surface area (Å²) in [7, 11) is 1.66. The van der Waals surface area contributed by atoms with Gasteiger partial charge in [0.1, 0.15) is 5.75 Å². The van der Waals surface area contributed by atoms with Gasteiger partial charge in [0.15, 0.2) is 0 Å². The minimum atomic E-state index is -0.510. The first-order valence-corrected chi connectivity index (χ1v) is 7.14. The molecule has 0 amide bonds. The second-order valence-corrected chi connectivity index (χ2v) is 5.81. The Kier molecular flexibility index (Phi) is 4.35. The van der Waals surface area contributed by atoms with Gasteiger partial charge < -0.3 is 14.7 Å². The number of rotatable bonds is 4. The van der Waals surface area contributed by atoms with Crippen LogP contribution in [0.5, 0.6) is 5.75 Å². The Labute approximate surface area is 116 Å². The fourth-order valence-electron chi connectivity index (χ4n) is 2.96. The molecule has 0 radical (unpaired) electrons. The molecule has 1 saturated heterocycles. The van der Waals surface area contributed by atoms with Gasteiger partial charge in [0.2, 0.25) is 0 Å². The van der Waals surface area contributed by atoms with Gasteiger partial charge in [0.05, 0.1) is 13.2 Å². The van der Waals surface area contributed by atoms with Crippen molar-refractivity contribution < 1.29 is 9.84 Å². The molecule has 0 spiro atoms. The molecular weight excluding hydrogens is 238 g/mol. The van der Waals surface area contributed by atoms with E-state index >= 15 is 0 Å². The zero-order chi connectivity index (χ0) is 14.0. The van der Waals surface area contributed by atoms with Gasteiger partial charge in [-0.25, -0.2) is 0 Å². The second-order valence-electron chi connectivity index (χ2n) is 5.81. The number of ether oxygens (including phenoxy) is 1. The summed E-state index contributed by atoms with van der Waals surface area (Å²) in [5, 5.41) is 10.0. The smallest absolute Gasteiger partial charge is 0.126 e. The average Bonchev–Trinajstić information content (AvgIpc) is 2.87. The van der Waals surface area contributed by atoms with Crippen LogP contribution >= 0.6 is 0 Å². The molecule has 1 heterocycles. The molecule has 0 bridgehead atoms. The first kappa shape index (κ1) is 14.2. The van der Waals surface area contributed by atoms with Crippen LogP contribution in [-0.2, 0) is 0 Å². The van der Waals surface area contributed by atoms with Crippen molar-refractivity contribution in [1.29, 1.82) is 0 Å². The van der Waals surface area contributed by atoms with Crippen molar-refractivity contribution in [2.75, 3.05) is 25.1 Å². The van der Waals surface area contributed by atoms with Gasteiger partial charge in [-0.3, -0.25) is 0 Å². The first-order chi connectivity index (χ1) is 9.04. The largest absolute Gasteiger partial charge is 0.496 e. The molecule has 1 unspecified atom stereocenters. The van der Waals surface area contributed by atoms with E-state index in [4.69, 9.17) is 4.74 Å². The minimum Gasteiger partial charge on any atom is -0.496 e. The van der Waals surface area contributed by atoms with Crippen LogP contribution in [0.4, 0.5) is 5.69 Å². The molecule has 1 aliphatic rings. The zero-order valence-electron chi connectivity index (χ0n) is 12.4. The summed E-state index contributed by atoms with van der Waals surface area (Å²) in [4.78, 5) is 2.38. The van der Waals surface area contributed by atoms with Crippen LogP contribution in [0.3, 0.4) is 0 Å². The lowest BCUT2D eigenvalue weighted by Crippen LogP contribution is -2.23. The lowest BCUT2D eigenvalue weighted by molar-refractivity contribution is 0.194. The van der Waals surface area contributed by atoms with E-state index in [1.165, 1.54) is 6.42 Å². The van der Waals surface area contributed by atoms with E-state index in [1.807, 2.05) is 12.1 Å². The lowest BCUT2D eigenvalue weighted by Gasteiger charge is -2.25. The number of hydrogen-bond acceptors (Lipinski definition) is 3. The van der Waals surface area contributed by atoms with Gasteiger partial charge >= 0.3 is 0 Å². The normalized spacial score (nSPS) is 20.9. The quantitative estimate of drug-likeness (QED) is 0.905. The fourth-order valence-corrected chi connectivity index (χ4v) is 2.96. The number of aliphatic hydroxyl groups excluding tert-OH is 1. The number of hydrogen-bond donors (Lipinski definition) is 1. The van der Waals surface area contributed by atoms with Crippen LogP contribution in [0, 0.1) is 11.8 Å². The minimum absolute atomic E-state index is 0.510. The monoisotopic (exact) mass is 263 g/mol. The molecular formula is C16H25NO2. The van der Waals surface area contributed by atoms with Crippen molar-refractivity contribution in [3.63, 3.8) is 0 Å². The summed E-state index contributed by atoms with van der Waals surface area (Å²) in [5.74, 6) is 2.24. The summed E-state index contributed by atoms with van der Waals surface area (Å²) in [6, 6.07) is 6.01. The maximum Gasteiger partial charge on any atom is 0.126 e. The zero-order valence-corrected chi connectivity index (χ0v) is 12.4. The highest BCUT2D eigenvalue weighted by molar-refractivity contribution is 5.61. The molecule has 0 aromatic heterocycles. The van der Waals surface area contributed by atoms with Crippen LogP contribution in [0.2, 0.25) is 0 Å². The van der Waals surface area contributed by atoms with Crippen LogP contribution in [0.1, 0.15) is 38.9 Å². The molecule has 0 saturated carbocycles. The SMILES string of the molecule is COc1cccc(N2CCC(C(C)C)C2)c1[C@@H](C)O. The predicted octanol–water partition coefficient (Wildman–Crippen LogP) is 3.23. The number of anilines is 1. The summed E-state index contributed by atoms with van der Waals surface area (Å²) in [6.45, 7) is 8.52. The van der Waals surface area contributed by atoms with Crippen molar-refractivity contribution in [3.05, 3.63) is 23.8 Å². The topological polar surface area (TPSA) is 32.7 Å². The highest BCUT2D eigenvalue weighted by Gasteiger charge is 2.28. The van der Waals surface area contributed by atoms with Crippen LogP contribution < -0.4 is 9.64 Å². The lowest BCUT2D eigenvalue weighted by atomic mass is 9.95. The second kappa shape index (κ2) is 5.83. The van der Waals surface area contributed by atoms with Crippen molar-refractivity contribution >= 4 is 5.69 Å². The van der Waals surface area contributed by atoms with E-state index in [9.17, 15) is 5.11 Å². The highest BCUT2D eigenvalue weighted by atomic mass is 16.5. The molecule has 2 rings (SSSR count). The predicted molar refractivity (Wildman–Crippen MR) is 78.8 cm³/mol. The highest BCUT2D eigenvalue weighted by Crippen LogP contribution is 2.37. The number of methoxy groups -OCH3 is 1. The van der Waals surface area contributed by atoms with Crippen LogP contribution in [0.15, 0.2) is 18.2 Å². The van der Waals surface area contributed by atoms with Crippen LogP contribution in [-0.4, -0.2) is 25.3 Å². The Morgan fingerprint density at radius 3 is 2.58 bits per heavy atom. The van der Waals surface area contributed by atoms with Gasteiger partial charge in [0, 0.05) is 24.3 Å². The van der Waals surface area contributed by atoms with E-state index in [1.54, 1.807) is 14.0 Å². The molecule has 19 heavy (non-hydrogen) atoms. The fraction of sp³-hybridized carbons (Fsp3) is 0.625. The molecule has 1 fully saturated rings. The number of aliphatic hydroxyl groups is 1. The van der Waals surface area contributed by atoms with Gasteiger partial charge in [-0.05, 0) is 37.3 Å². The summed E-state index contributed by atoms with van der Waals surface area (Å²) < 4.78 is 5.39. The van der Waals surface area contributed by atoms with Crippen LogP contribution in [0.25, 0.3) is 0 Å². The van der Waals surface area contributed by atoms with Crippen molar-refractivity contribution in [2.24, 2.45) is 11.8 Å². The first-order valence-electron chi connectivity index (χ1n) is 7.14. The number of benzene rings is 1. The van der Waals surface area contributed by atoms with Crippen molar-refractivity contribution in [1.82, 2.24) is 0 Å². The molecule has 1 aromatic rings. The molecule has 106 valence electrons. The Morgan fingerprint density at radius 1 is 1.32 bits per heavy atom. The third kappa shape index (κ3) is 2.86. The Morgan fingerprint density at radius 2 is 2.05 bits per heavy atom. The average molecular weight is 263 g/mol. The van der Waals surface area contributed by atoms with E-state index < -0.39 is 6.10 Å². The Balaban J connectivity index is 2.30. The van der Waals surface area contributed by atoms with Crippen molar-refractivity contribution in [2.45, 2.75) is 33.3 Å². The standard InChI is InChI=1S/C16H25NO2/c1-11(2)13-8-9-17(10-13)14-6-5-7-15(19-4)16(14)12(3)18/h5-7,11-13,18H,8-10H2,1-4H3/t12-,13?/m1/s1. The molecule has 1 N–H and O–H groups in total. The Bertz CT molecular complexity index is 429. The van der Waals surface area contributed by atoms with Gasteiger partial charge in [-0.15, -0.1) is 0 Å². The summed E-state index contributed by atoms with van der Waals surface area (Å²) in [6.07, 6.45) is 0.720. The van der Waals surface area contributed by atoms with E-state index in [2.05, 4.69) is 24.8 Å². The Hall–Kier alpha value is -1.22. The molecule has 3 heteroatoms. The van der Waals surface area contributed by atoms with Gasteiger partial charge in [-0.1, -0.05) is 19.9 Å². The van der Waals surface area contributed by atoms with Crippen molar-refractivity contribution in [3.8, 4) is 5.75 Å². The summed E-state index contributed by atoms with van der Waals surface area (Å²) >= 11 is 0. The van der Waals surface area contributed by atoms with E-state index in [0.29, 0.717) is 5.92 Å². The number of nitrogens with zero attached hydrogens (tertiary/aromatic N) is 1. The molecule has 2 atom stereocenters. The third-order valence-electron chi connectivity index (χ3n) is 4.19. The van der Waals surface area contributed by atoms with E-state index in [0.717, 1.165) is 36.0 Å². The van der Waals surface area contributed by atoms with Gasteiger partial charge in [0.25, 0.3) is 0 Å². The molecule has 0 aliphatic carbocycles. The maximum atomic E-state index is 10.0. The molecule has 1 aliphatic heterocycles. The maximum absolute atomic E-state index is 10.0. The molecule has 3 nitrogen and oxygen atoms in total. The van der Waals surface area contributed by atoms with Gasteiger partial charge in [-0.2, -0.15) is 0 Å². The molecule has 1 aromatic carbocycles. The third-order valence-corrected chi connectivity index (χ3v) is 4.19. The summed E-state index contributed by atoms with van der Waals surface area (Å²) in [5.41, 5.74) is 2.03. The van der Waals surface area contributed by atoms with E-state index in [-0.39, 0.29) is 0 Å².